The second-order valence-electron chi connectivity index (χ2n) is 4.31. The summed E-state index contributed by atoms with van der Waals surface area (Å²) in [7, 11) is 0. The Labute approximate surface area is 121 Å². The molecule has 1 unspecified atom stereocenters. The smallest absolute Gasteiger partial charge is 0.274 e. The third-order valence-corrected chi connectivity index (χ3v) is 3.86. The SMILES string of the molecule is CCNC(=O)C1COCCN1C(=O)c1csc(CN)n1. The van der Waals surface area contributed by atoms with Gasteiger partial charge in [-0.3, -0.25) is 9.59 Å². The van der Waals surface area contributed by atoms with E-state index in [9.17, 15) is 9.59 Å². The van der Waals surface area contributed by atoms with E-state index in [-0.39, 0.29) is 18.4 Å². The molecule has 0 spiro atoms. The van der Waals surface area contributed by atoms with Crippen molar-refractivity contribution in [2.75, 3.05) is 26.3 Å². The van der Waals surface area contributed by atoms with Gasteiger partial charge in [0.25, 0.3) is 5.91 Å². The summed E-state index contributed by atoms with van der Waals surface area (Å²) in [6.45, 7) is 3.69. The second-order valence-corrected chi connectivity index (χ2v) is 5.26. The van der Waals surface area contributed by atoms with Crippen LogP contribution in [0, 0.1) is 0 Å². The van der Waals surface area contributed by atoms with Crippen molar-refractivity contribution in [2.45, 2.75) is 19.5 Å². The number of likely N-dealkylation sites (N-methyl/N-ethyl adjacent to an activating group) is 1. The van der Waals surface area contributed by atoms with Crippen LogP contribution in [0.5, 0.6) is 0 Å². The van der Waals surface area contributed by atoms with Crippen LogP contribution in [-0.2, 0) is 16.1 Å². The maximum Gasteiger partial charge on any atom is 0.274 e. The van der Waals surface area contributed by atoms with E-state index in [2.05, 4.69) is 10.3 Å². The molecule has 0 radical (unpaired) electrons. The molecule has 2 heterocycles. The van der Waals surface area contributed by atoms with E-state index >= 15 is 0 Å². The molecule has 1 atom stereocenters. The van der Waals surface area contributed by atoms with Crippen LogP contribution < -0.4 is 11.1 Å². The van der Waals surface area contributed by atoms with Crippen molar-refractivity contribution in [3.63, 3.8) is 0 Å². The number of ether oxygens (including phenoxy) is 1. The molecule has 1 aromatic rings. The summed E-state index contributed by atoms with van der Waals surface area (Å²) in [6.07, 6.45) is 0. The van der Waals surface area contributed by atoms with Gasteiger partial charge in [-0.15, -0.1) is 11.3 Å². The van der Waals surface area contributed by atoms with Crippen molar-refractivity contribution in [1.82, 2.24) is 15.2 Å². The van der Waals surface area contributed by atoms with E-state index in [1.54, 1.807) is 5.38 Å². The van der Waals surface area contributed by atoms with Gasteiger partial charge in [-0.25, -0.2) is 4.98 Å². The number of hydrogen-bond donors (Lipinski definition) is 2. The summed E-state index contributed by atoms with van der Waals surface area (Å²) >= 11 is 1.35. The van der Waals surface area contributed by atoms with Gasteiger partial charge in [0.05, 0.1) is 13.2 Å². The van der Waals surface area contributed by atoms with E-state index in [0.29, 0.717) is 36.9 Å². The van der Waals surface area contributed by atoms with E-state index in [1.165, 1.54) is 16.2 Å². The number of nitrogens with one attached hydrogen (secondary N) is 1. The second kappa shape index (κ2) is 6.78. The highest BCUT2D eigenvalue weighted by Crippen LogP contribution is 2.15. The van der Waals surface area contributed by atoms with Crippen LogP contribution in [0.15, 0.2) is 5.38 Å². The number of aromatic nitrogens is 1. The Morgan fingerprint density at radius 2 is 2.45 bits per heavy atom. The van der Waals surface area contributed by atoms with Crippen LogP contribution in [0.3, 0.4) is 0 Å². The molecule has 8 heteroatoms. The zero-order valence-electron chi connectivity index (χ0n) is 11.3. The monoisotopic (exact) mass is 298 g/mol. The Bertz CT molecular complexity index is 491. The Balaban J connectivity index is 2.14. The van der Waals surface area contributed by atoms with Gasteiger partial charge in [0.15, 0.2) is 0 Å². The molecule has 0 aliphatic carbocycles. The van der Waals surface area contributed by atoms with Crippen LogP contribution in [0.1, 0.15) is 22.4 Å². The molecule has 7 nitrogen and oxygen atoms in total. The zero-order valence-corrected chi connectivity index (χ0v) is 12.1. The fraction of sp³-hybridized carbons (Fsp3) is 0.583. The van der Waals surface area contributed by atoms with E-state index in [1.807, 2.05) is 6.92 Å². The first-order chi connectivity index (χ1) is 9.67. The quantitative estimate of drug-likeness (QED) is 0.787. The maximum atomic E-state index is 12.4. The molecule has 0 bridgehead atoms. The summed E-state index contributed by atoms with van der Waals surface area (Å²) in [5.41, 5.74) is 5.84. The lowest BCUT2D eigenvalue weighted by Gasteiger charge is -2.34. The van der Waals surface area contributed by atoms with Gasteiger partial charge >= 0.3 is 0 Å². The predicted octanol–water partition coefficient (Wildman–Crippen LogP) is -0.421. The third-order valence-electron chi connectivity index (χ3n) is 2.99. The number of thiazole rings is 1. The van der Waals surface area contributed by atoms with Gasteiger partial charge in [0.2, 0.25) is 5.91 Å². The average Bonchev–Trinajstić information content (AvgIpc) is 2.95. The van der Waals surface area contributed by atoms with Crippen molar-refractivity contribution in [3.8, 4) is 0 Å². The highest BCUT2D eigenvalue weighted by atomic mass is 32.1. The van der Waals surface area contributed by atoms with Crippen LogP contribution in [0.4, 0.5) is 0 Å². The van der Waals surface area contributed by atoms with Gasteiger partial charge in [-0.2, -0.15) is 0 Å². The molecule has 1 aliphatic heterocycles. The van der Waals surface area contributed by atoms with Crippen LogP contribution in [0.2, 0.25) is 0 Å². The highest BCUT2D eigenvalue weighted by Gasteiger charge is 2.33. The molecule has 3 N–H and O–H groups in total. The molecule has 0 saturated carbocycles. The first kappa shape index (κ1) is 14.9. The van der Waals surface area contributed by atoms with Gasteiger partial charge < -0.3 is 20.7 Å². The Morgan fingerprint density at radius 1 is 1.65 bits per heavy atom. The minimum atomic E-state index is -0.598. The van der Waals surface area contributed by atoms with E-state index < -0.39 is 6.04 Å². The summed E-state index contributed by atoms with van der Waals surface area (Å²) in [4.78, 5) is 30.1. The van der Waals surface area contributed by atoms with Crippen LogP contribution >= 0.6 is 11.3 Å². The standard InChI is InChI=1S/C12H18N4O3S/c1-2-14-11(17)9-6-19-4-3-16(9)12(18)8-7-20-10(5-13)15-8/h7,9H,2-6,13H2,1H3,(H,14,17). The van der Waals surface area contributed by atoms with E-state index in [4.69, 9.17) is 10.5 Å². The maximum absolute atomic E-state index is 12.4. The number of carbonyl (C=O) groups is 2. The lowest BCUT2D eigenvalue weighted by Crippen LogP contribution is -2.55. The normalized spacial score (nSPS) is 18.9. The Hall–Kier alpha value is -1.51. The summed E-state index contributed by atoms with van der Waals surface area (Å²) < 4.78 is 5.30. The predicted molar refractivity (Wildman–Crippen MR) is 74.3 cm³/mol. The molecule has 1 fully saturated rings. The third kappa shape index (κ3) is 3.14. The number of nitrogens with zero attached hydrogens (tertiary/aromatic N) is 2. The minimum Gasteiger partial charge on any atom is -0.377 e. The lowest BCUT2D eigenvalue weighted by atomic mass is 10.2. The topological polar surface area (TPSA) is 97.5 Å². The number of carbonyl (C=O) groups excluding carboxylic acids is 2. The van der Waals surface area contributed by atoms with Crippen molar-refractivity contribution < 1.29 is 14.3 Å². The molecule has 20 heavy (non-hydrogen) atoms. The first-order valence-corrected chi connectivity index (χ1v) is 7.36. The van der Waals surface area contributed by atoms with Gasteiger partial charge in [0, 0.05) is 25.0 Å². The molecule has 0 aromatic carbocycles. The molecule has 110 valence electrons. The minimum absolute atomic E-state index is 0.199. The molecule has 1 saturated heterocycles. The number of morpholine rings is 1. The largest absolute Gasteiger partial charge is 0.377 e. The molecule has 2 amide bonds. The molecular formula is C12H18N4O3S. The summed E-state index contributed by atoms with van der Waals surface area (Å²) in [6, 6.07) is -0.598. The fourth-order valence-corrected chi connectivity index (χ4v) is 2.65. The summed E-state index contributed by atoms with van der Waals surface area (Å²) in [5, 5.41) is 5.10. The zero-order chi connectivity index (χ0) is 14.5. The van der Waals surface area contributed by atoms with Crippen LogP contribution in [-0.4, -0.2) is 54.0 Å². The number of rotatable bonds is 4. The van der Waals surface area contributed by atoms with Crippen molar-refractivity contribution >= 4 is 23.2 Å². The number of amides is 2. The van der Waals surface area contributed by atoms with Gasteiger partial charge in [-0.05, 0) is 6.92 Å². The Kier molecular flexibility index (Phi) is 5.05. The van der Waals surface area contributed by atoms with E-state index in [0.717, 1.165) is 0 Å². The van der Waals surface area contributed by atoms with Crippen molar-refractivity contribution in [3.05, 3.63) is 16.1 Å². The van der Waals surface area contributed by atoms with Crippen LogP contribution in [0.25, 0.3) is 0 Å². The van der Waals surface area contributed by atoms with Gasteiger partial charge in [0.1, 0.15) is 16.7 Å². The fourth-order valence-electron chi connectivity index (χ4n) is 2.01. The summed E-state index contributed by atoms with van der Waals surface area (Å²) in [5.74, 6) is -0.449. The van der Waals surface area contributed by atoms with Crippen molar-refractivity contribution in [2.24, 2.45) is 5.73 Å². The molecular weight excluding hydrogens is 280 g/mol. The van der Waals surface area contributed by atoms with Gasteiger partial charge in [-0.1, -0.05) is 0 Å². The van der Waals surface area contributed by atoms with Crippen molar-refractivity contribution in [1.29, 1.82) is 0 Å². The molecule has 1 aromatic heterocycles. The first-order valence-electron chi connectivity index (χ1n) is 6.48. The molecule has 1 aliphatic rings. The highest BCUT2D eigenvalue weighted by molar-refractivity contribution is 7.09. The lowest BCUT2D eigenvalue weighted by molar-refractivity contribution is -0.130. The number of nitrogens with two attached hydrogens (primary N) is 1. The number of hydrogen-bond acceptors (Lipinski definition) is 6. The Morgan fingerprint density at radius 3 is 3.10 bits per heavy atom. The average molecular weight is 298 g/mol. The molecule has 2 rings (SSSR count).